The number of hydrogen-bond donors (Lipinski definition) is 1. The molecule has 0 bridgehead atoms. The molecular weight excluding hydrogens is 436 g/mol. The monoisotopic (exact) mass is 454 g/mol. The molecule has 0 fully saturated rings. The van der Waals surface area contributed by atoms with Gasteiger partial charge in [-0.05, 0) is 54.3 Å². The van der Waals surface area contributed by atoms with E-state index in [1.54, 1.807) is 11.3 Å². The van der Waals surface area contributed by atoms with E-state index in [0.29, 0.717) is 16.6 Å². The van der Waals surface area contributed by atoms with Crippen molar-refractivity contribution in [2.45, 2.75) is 18.5 Å². The third kappa shape index (κ3) is 4.92. The highest BCUT2D eigenvalue weighted by molar-refractivity contribution is 7.99. The quantitative estimate of drug-likeness (QED) is 0.368. The number of aromatic nitrogens is 3. The van der Waals surface area contributed by atoms with Gasteiger partial charge in [-0.1, -0.05) is 47.6 Å². The lowest BCUT2D eigenvalue weighted by Crippen LogP contribution is -2.15. The molecule has 152 valence electrons. The van der Waals surface area contributed by atoms with Crippen LogP contribution >= 0.6 is 34.7 Å². The number of para-hydroxylation sites is 1. The van der Waals surface area contributed by atoms with E-state index in [-0.39, 0.29) is 11.7 Å². The van der Waals surface area contributed by atoms with Crippen molar-refractivity contribution in [3.63, 3.8) is 0 Å². The molecule has 0 aliphatic heterocycles. The molecule has 2 heterocycles. The van der Waals surface area contributed by atoms with E-state index in [4.69, 9.17) is 11.6 Å². The molecule has 0 unspecified atom stereocenters. The summed E-state index contributed by atoms with van der Waals surface area (Å²) in [7, 11) is 0. The van der Waals surface area contributed by atoms with Crippen LogP contribution in [0.25, 0.3) is 5.69 Å². The number of benzene rings is 2. The summed E-state index contributed by atoms with van der Waals surface area (Å²) in [6, 6.07) is 19.4. The van der Waals surface area contributed by atoms with E-state index < -0.39 is 0 Å². The number of thiophene rings is 1. The van der Waals surface area contributed by atoms with Crippen molar-refractivity contribution in [2.24, 2.45) is 0 Å². The SMILES string of the molecule is Cc1ccccc1NC(=O)CSc1nnc(Cc2cccs2)n1-c1ccc(Cl)cc1. The molecule has 2 aromatic heterocycles. The number of carbonyl (C=O) groups excluding carboxylic acids is 1. The van der Waals surface area contributed by atoms with Gasteiger partial charge in [-0.3, -0.25) is 9.36 Å². The predicted molar refractivity (Wildman–Crippen MR) is 124 cm³/mol. The summed E-state index contributed by atoms with van der Waals surface area (Å²) in [4.78, 5) is 13.7. The molecule has 0 saturated heterocycles. The Morgan fingerprint density at radius 2 is 1.90 bits per heavy atom. The second kappa shape index (κ2) is 9.47. The highest BCUT2D eigenvalue weighted by Crippen LogP contribution is 2.26. The second-order valence-electron chi connectivity index (χ2n) is 6.62. The molecule has 5 nitrogen and oxygen atoms in total. The second-order valence-corrected chi connectivity index (χ2v) is 9.03. The van der Waals surface area contributed by atoms with Crippen LogP contribution in [0.15, 0.2) is 71.2 Å². The molecule has 0 radical (unpaired) electrons. The highest BCUT2D eigenvalue weighted by atomic mass is 35.5. The lowest BCUT2D eigenvalue weighted by atomic mass is 10.2. The molecule has 0 saturated carbocycles. The van der Waals surface area contributed by atoms with Gasteiger partial charge in [0.15, 0.2) is 5.16 Å². The summed E-state index contributed by atoms with van der Waals surface area (Å²) in [6.45, 7) is 1.97. The maximum absolute atomic E-state index is 12.5. The fourth-order valence-electron chi connectivity index (χ4n) is 2.96. The number of nitrogens with one attached hydrogen (secondary N) is 1. The number of amides is 1. The van der Waals surface area contributed by atoms with Crippen LogP contribution in [0.5, 0.6) is 0 Å². The van der Waals surface area contributed by atoms with Gasteiger partial charge in [0, 0.05) is 27.7 Å². The summed E-state index contributed by atoms with van der Waals surface area (Å²) in [5, 5.41) is 15.1. The largest absolute Gasteiger partial charge is 0.325 e. The Bertz CT molecular complexity index is 1140. The molecule has 30 heavy (non-hydrogen) atoms. The minimum atomic E-state index is -0.0836. The van der Waals surface area contributed by atoms with Gasteiger partial charge in [-0.25, -0.2) is 0 Å². The number of aryl methyl sites for hydroxylation is 1. The first kappa shape index (κ1) is 20.7. The lowest BCUT2D eigenvalue weighted by molar-refractivity contribution is -0.113. The van der Waals surface area contributed by atoms with E-state index in [9.17, 15) is 4.79 Å². The Hall–Kier alpha value is -2.61. The van der Waals surface area contributed by atoms with Crippen LogP contribution in [0, 0.1) is 6.92 Å². The molecule has 1 N–H and O–H groups in total. The number of hydrogen-bond acceptors (Lipinski definition) is 5. The van der Waals surface area contributed by atoms with Crippen molar-refractivity contribution < 1.29 is 4.79 Å². The molecule has 4 aromatic rings. The van der Waals surface area contributed by atoms with Crippen LogP contribution in [0.4, 0.5) is 5.69 Å². The first-order chi connectivity index (χ1) is 14.6. The number of thioether (sulfide) groups is 1. The molecule has 0 atom stereocenters. The van der Waals surface area contributed by atoms with Crippen LogP contribution in [0.1, 0.15) is 16.3 Å². The zero-order chi connectivity index (χ0) is 20.9. The van der Waals surface area contributed by atoms with Gasteiger partial charge < -0.3 is 5.32 Å². The van der Waals surface area contributed by atoms with Gasteiger partial charge in [0.2, 0.25) is 5.91 Å². The van der Waals surface area contributed by atoms with E-state index >= 15 is 0 Å². The molecule has 8 heteroatoms. The normalized spacial score (nSPS) is 10.9. The minimum Gasteiger partial charge on any atom is -0.325 e. The third-order valence-electron chi connectivity index (χ3n) is 4.45. The Morgan fingerprint density at radius 1 is 1.10 bits per heavy atom. The number of halogens is 1. The summed E-state index contributed by atoms with van der Waals surface area (Å²) < 4.78 is 1.99. The van der Waals surface area contributed by atoms with Gasteiger partial charge in [-0.2, -0.15) is 0 Å². The summed E-state index contributed by atoms with van der Waals surface area (Å²) in [5.41, 5.74) is 2.76. The smallest absolute Gasteiger partial charge is 0.234 e. The van der Waals surface area contributed by atoms with E-state index in [2.05, 4.69) is 21.6 Å². The van der Waals surface area contributed by atoms with Crippen LogP contribution < -0.4 is 5.32 Å². The van der Waals surface area contributed by atoms with Gasteiger partial charge in [-0.15, -0.1) is 21.5 Å². The van der Waals surface area contributed by atoms with Crippen molar-refractivity contribution in [1.82, 2.24) is 14.8 Å². The van der Waals surface area contributed by atoms with E-state index in [1.807, 2.05) is 71.5 Å². The minimum absolute atomic E-state index is 0.0836. The fourth-order valence-corrected chi connectivity index (χ4v) is 4.55. The Kier molecular flexibility index (Phi) is 6.52. The van der Waals surface area contributed by atoms with Crippen LogP contribution in [-0.2, 0) is 11.2 Å². The zero-order valence-electron chi connectivity index (χ0n) is 16.2. The van der Waals surface area contributed by atoms with Crippen molar-refractivity contribution in [3.05, 3.63) is 87.3 Å². The Morgan fingerprint density at radius 3 is 2.63 bits per heavy atom. The van der Waals surface area contributed by atoms with Crippen LogP contribution in [0.2, 0.25) is 5.02 Å². The van der Waals surface area contributed by atoms with Crippen LogP contribution in [-0.4, -0.2) is 26.4 Å². The standard InChI is InChI=1S/C22H19ClN4OS2/c1-15-5-2-3-7-19(15)24-21(28)14-30-22-26-25-20(13-18-6-4-12-29-18)27(22)17-10-8-16(23)9-11-17/h2-12H,13-14H2,1H3,(H,24,28). The topological polar surface area (TPSA) is 59.8 Å². The summed E-state index contributed by atoms with van der Waals surface area (Å²) in [5.74, 6) is 0.973. The first-order valence-electron chi connectivity index (χ1n) is 9.31. The third-order valence-corrected chi connectivity index (χ3v) is 6.51. The molecule has 0 aliphatic carbocycles. The van der Waals surface area contributed by atoms with Crippen LogP contribution in [0.3, 0.4) is 0 Å². The van der Waals surface area contributed by atoms with E-state index in [0.717, 1.165) is 22.8 Å². The van der Waals surface area contributed by atoms with Gasteiger partial charge in [0.1, 0.15) is 5.82 Å². The first-order valence-corrected chi connectivity index (χ1v) is 11.6. The maximum Gasteiger partial charge on any atom is 0.234 e. The Balaban J connectivity index is 1.55. The maximum atomic E-state index is 12.5. The van der Waals surface area contributed by atoms with Crippen molar-refractivity contribution >= 4 is 46.3 Å². The van der Waals surface area contributed by atoms with Crippen molar-refractivity contribution in [1.29, 1.82) is 0 Å². The highest BCUT2D eigenvalue weighted by Gasteiger charge is 2.17. The number of rotatable bonds is 7. The van der Waals surface area contributed by atoms with Crippen molar-refractivity contribution in [2.75, 3.05) is 11.1 Å². The van der Waals surface area contributed by atoms with Gasteiger partial charge in [0.05, 0.1) is 5.75 Å². The average Bonchev–Trinajstić information content (AvgIpc) is 3.39. The molecule has 4 rings (SSSR count). The Labute approximate surface area is 188 Å². The number of nitrogens with zero attached hydrogens (tertiary/aromatic N) is 3. The molecule has 1 amide bonds. The average molecular weight is 455 g/mol. The summed E-state index contributed by atoms with van der Waals surface area (Å²) >= 11 is 9.10. The molecule has 0 aliphatic rings. The molecule has 2 aromatic carbocycles. The number of anilines is 1. The van der Waals surface area contributed by atoms with E-state index in [1.165, 1.54) is 16.6 Å². The lowest BCUT2D eigenvalue weighted by Gasteiger charge is -2.11. The van der Waals surface area contributed by atoms with Gasteiger partial charge >= 0.3 is 0 Å². The fraction of sp³-hybridized carbons (Fsp3) is 0.136. The molecular formula is C22H19ClN4OS2. The van der Waals surface area contributed by atoms with Crippen molar-refractivity contribution in [3.8, 4) is 5.69 Å². The predicted octanol–water partition coefficient (Wildman–Crippen LogP) is 5.61. The zero-order valence-corrected chi connectivity index (χ0v) is 18.6. The number of carbonyl (C=O) groups is 1. The summed E-state index contributed by atoms with van der Waals surface area (Å²) in [6.07, 6.45) is 0.670. The molecule has 0 spiro atoms. The van der Waals surface area contributed by atoms with Gasteiger partial charge in [0.25, 0.3) is 0 Å².